The molecule has 0 bridgehead atoms. The minimum absolute atomic E-state index is 0.232. The number of hydrogen-bond acceptors (Lipinski definition) is 5. The molecule has 1 fully saturated rings. The number of likely N-dealkylation sites (tertiary alicyclic amines) is 1. The predicted octanol–water partition coefficient (Wildman–Crippen LogP) is 4.52. The zero-order valence-corrected chi connectivity index (χ0v) is 20.1. The standard InChI is InChI=1S/C19H27FN2O5.C3H6.C2H6/c1-14(2)17-4-3-15(20)11-18(17)26-10-9-25-8-6-21-19(24)27-16-5-7-22(12-16)13-23;1-3-2;1-2/h3-4,11,13-14,16H,5-10,12H2,1-2H3,(H,21,24);3H,1H2,2H3;1-2H3. The molecule has 1 aromatic rings. The summed E-state index contributed by atoms with van der Waals surface area (Å²) < 4.78 is 29.6. The normalized spacial score (nSPS) is 14.5. The van der Waals surface area contributed by atoms with Gasteiger partial charge in [0.05, 0.1) is 19.8 Å². The summed E-state index contributed by atoms with van der Waals surface area (Å²) in [5.41, 5.74) is 0.945. The van der Waals surface area contributed by atoms with Crippen LogP contribution in [0.5, 0.6) is 5.75 Å². The Morgan fingerprint density at radius 3 is 2.59 bits per heavy atom. The van der Waals surface area contributed by atoms with Gasteiger partial charge in [0, 0.05) is 25.6 Å². The Morgan fingerprint density at radius 2 is 2.00 bits per heavy atom. The first kappa shape index (κ1) is 29.4. The predicted molar refractivity (Wildman–Crippen MR) is 125 cm³/mol. The Morgan fingerprint density at radius 1 is 1.31 bits per heavy atom. The van der Waals surface area contributed by atoms with Crippen molar-refractivity contribution in [3.05, 3.63) is 42.2 Å². The Bertz CT molecular complexity index is 670. The Kier molecular flexibility index (Phi) is 16.5. The molecule has 7 nitrogen and oxygen atoms in total. The van der Waals surface area contributed by atoms with Gasteiger partial charge in [-0.1, -0.05) is 39.8 Å². The van der Waals surface area contributed by atoms with E-state index in [1.807, 2.05) is 34.6 Å². The molecule has 0 aliphatic carbocycles. The number of carbonyl (C=O) groups excluding carboxylic acids is 2. The molecule has 0 radical (unpaired) electrons. The van der Waals surface area contributed by atoms with Gasteiger partial charge >= 0.3 is 6.09 Å². The lowest BCUT2D eigenvalue weighted by Gasteiger charge is -2.14. The van der Waals surface area contributed by atoms with Crippen molar-refractivity contribution in [2.24, 2.45) is 0 Å². The average Bonchev–Trinajstić information content (AvgIpc) is 3.22. The molecular formula is C24H39FN2O5. The fourth-order valence-electron chi connectivity index (χ4n) is 2.79. The SMILES string of the molecule is C=CC.CC.CC(C)c1ccc(F)cc1OCCOCCNC(=O)OC1CCN(C=O)C1. The summed E-state index contributed by atoms with van der Waals surface area (Å²) in [6.45, 7) is 15.5. The fourth-order valence-corrected chi connectivity index (χ4v) is 2.79. The van der Waals surface area contributed by atoms with Gasteiger partial charge in [-0.3, -0.25) is 4.79 Å². The van der Waals surface area contributed by atoms with E-state index in [0.717, 1.165) is 12.0 Å². The maximum absolute atomic E-state index is 13.4. The van der Waals surface area contributed by atoms with E-state index in [-0.39, 0.29) is 24.4 Å². The minimum Gasteiger partial charge on any atom is -0.491 e. The van der Waals surface area contributed by atoms with Crippen molar-refractivity contribution in [1.82, 2.24) is 10.2 Å². The molecule has 8 heteroatoms. The zero-order valence-electron chi connectivity index (χ0n) is 20.1. The molecule has 2 amide bonds. The maximum Gasteiger partial charge on any atom is 0.407 e. The van der Waals surface area contributed by atoms with Gasteiger partial charge in [0.25, 0.3) is 0 Å². The number of amides is 2. The van der Waals surface area contributed by atoms with Crippen LogP contribution in [0, 0.1) is 5.82 Å². The molecule has 0 saturated carbocycles. The topological polar surface area (TPSA) is 77.1 Å². The van der Waals surface area contributed by atoms with E-state index in [9.17, 15) is 14.0 Å². The van der Waals surface area contributed by atoms with E-state index in [1.54, 1.807) is 17.0 Å². The molecule has 1 aliphatic rings. The van der Waals surface area contributed by atoms with Crippen LogP contribution in [0.25, 0.3) is 0 Å². The molecule has 1 unspecified atom stereocenters. The van der Waals surface area contributed by atoms with Crippen LogP contribution < -0.4 is 10.1 Å². The monoisotopic (exact) mass is 454 g/mol. The van der Waals surface area contributed by atoms with Gasteiger partial charge in [0.2, 0.25) is 6.41 Å². The number of rotatable bonds is 10. The summed E-state index contributed by atoms with van der Waals surface area (Å²) >= 11 is 0. The third kappa shape index (κ3) is 12.3. The third-order valence-corrected chi connectivity index (χ3v) is 4.20. The molecule has 2 rings (SSSR count). The lowest BCUT2D eigenvalue weighted by atomic mass is 10.0. The number of alkyl carbamates (subject to hydrolysis) is 1. The number of nitrogens with zero attached hydrogens (tertiary/aromatic N) is 1. The minimum atomic E-state index is -0.520. The van der Waals surface area contributed by atoms with Crippen LogP contribution in [0.2, 0.25) is 0 Å². The first-order valence-electron chi connectivity index (χ1n) is 11.1. The van der Waals surface area contributed by atoms with Crippen LogP contribution >= 0.6 is 0 Å². The van der Waals surface area contributed by atoms with Crippen LogP contribution in [0.3, 0.4) is 0 Å². The van der Waals surface area contributed by atoms with Crippen molar-refractivity contribution < 1.29 is 28.2 Å². The third-order valence-electron chi connectivity index (χ3n) is 4.20. The van der Waals surface area contributed by atoms with Crippen molar-refractivity contribution in [2.75, 3.05) is 39.5 Å². The second-order valence-electron chi connectivity index (χ2n) is 7.05. The van der Waals surface area contributed by atoms with Crippen molar-refractivity contribution in [3.8, 4) is 5.75 Å². The fraction of sp³-hybridized carbons (Fsp3) is 0.583. The largest absolute Gasteiger partial charge is 0.491 e. The number of halogens is 1. The summed E-state index contributed by atoms with van der Waals surface area (Å²) in [6.07, 6.45) is 2.38. The van der Waals surface area contributed by atoms with E-state index in [1.165, 1.54) is 12.1 Å². The molecule has 0 spiro atoms. The van der Waals surface area contributed by atoms with Crippen LogP contribution in [-0.4, -0.2) is 63.0 Å². The Hall–Kier alpha value is -2.61. The van der Waals surface area contributed by atoms with E-state index >= 15 is 0 Å². The lowest BCUT2D eigenvalue weighted by molar-refractivity contribution is -0.117. The zero-order chi connectivity index (χ0) is 24.4. The number of ether oxygens (including phenoxy) is 3. The van der Waals surface area contributed by atoms with Gasteiger partial charge in [-0.05, 0) is 24.5 Å². The maximum atomic E-state index is 13.4. The molecule has 32 heavy (non-hydrogen) atoms. The van der Waals surface area contributed by atoms with Crippen molar-refractivity contribution in [3.63, 3.8) is 0 Å². The van der Waals surface area contributed by atoms with Crippen LogP contribution in [0.15, 0.2) is 30.9 Å². The van der Waals surface area contributed by atoms with Crippen LogP contribution in [0.4, 0.5) is 9.18 Å². The van der Waals surface area contributed by atoms with E-state index in [0.29, 0.717) is 45.0 Å². The second-order valence-corrected chi connectivity index (χ2v) is 7.05. The molecule has 1 N–H and O–H groups in total. The summed E-state index contributed by atoms with van der Waals surface area (Å²) in [7, 11) is 0. The number of nitrogens with one attached hydrogen (secondary N) is 1. The van der Waals surface area contributed by atoms with Gasteiger partial charge in [-0.25, -0.2) is 9.18 Å². The summed E-state index contributed by atoms with van der Waals surface area (Å²) in [6, 6.07) is 4.53. The summed E-state index contributed by atoms with van der Waals surface area (Å²) in [5.74, 6) is 0.419. The molecule has 0 aromatic heterocycles. The molecular weight excluding hydrogens is 415 g/mol. The molecule has 182 valence electrons. The van der Waals surface area contributed by atoms with Crippen molar-refractivity contribution in [1.29, 1.82) is 0 Å². The van der Waals surface area contributed by atoms with E-state index < -0.39 is 6.09 Å². The number of allylic oxidation sites excluding steroid dienone is 1. The van der Waals surface area contributed by atoms with Gasteiger partial charge < -0.3 is 24.4 Å². The van der Waals surface area contributed by atoms with Gasteiger partial charge in [0.15, 0.2) is 0 Å². The molecule has 1 aliphatic heterocycles. The number of hydrogen-bond donors (Lipinski definition) is 1. The highest BCUT2D eigenvalue weighted by Crippen LogP contribution is 2.27. The highest BCUT2D eigenvalue weighted by atomic mass is 19.1. The van der Waals surface area contributed by atoms with Crippen molar-refractivity contribution >= 4 is 12.5 Å². The quantitative estimate of drug-likeness (QED) is 0.320. The highest BCUT2D eigenvalue weighted by molar-refractivity contribution is 5.67. The second kappa shape index (κ2) is 18.0. The van der Waals surface area contributed by atoms with Gasteiger partial charge in [0.1, 0.15) is 24.3 Å². The molecule has 1 saturated heterocycles. The summed E-state index contributed by atoms with van der Waals surface area (Å²) in [4.78, 5) is 23.8. The molecule has 1 aromatic carbocycles. The van der Waals surface area contributed by atoms with Gasteiger partial charge in [-0.15, -0.1) is 6.58 Å². The first-order chi connectivity index (χ1) is 15.4. The Labute approximate surface area is 191 Å². The van der Waals surface area contributed by atoms with E-state index in [4.69, 9.17) is 14.2 Å². The number of benzene rings is 1. The van der Waals surface area contributed by atoms with Gasteiger partial charge in [-0.2, -0.15) is 0 Å². The van der Waals surface area contributed by atoms with Crippen LogP contribution in [-0.2, 0) is 14.3 Å². The summed E-state index contributed by atoms with van der Waals surface area (Å²) in [5, 5.41) is 2.60. The highest BCUT2D eigenvalue weighted by Gasteiger charge is 2.24. The van der Waals surface area contributed by atoms with Crippen LogP contribution in [0.1, 0.15) is 52.5 Å². The average molecular weight is 455 g/mol. The lowest BCUT2D eigenvalue weighted by Crippen LogP contribution is -2.32. The van der Waals surface area contributed by atoms with E-state index in [2.05, 4.69) is 11.9 Å². The number of carbonyl (C=O) groups is 2. The smallest absolute Gasteiger partial charge is 0.407 e. The molecule has 1 heterocycles. The van der Waals surface area contributed by atoms with Crippen molar-refractivity contribution in [2.45, 2.75) is 53.1 Å². The molecule has 1 atom stereocenters. The first-order valence-corrected chi connectivity index (χ1v) is 11.1. The Balaban J connectivity index is 0.00000177.